The van der Waals surface area contributed by atoms with Crippen molar-refractivity contribution in [3.63, 3.8) is 0 Å². The number of hydrogen-bond donors (Lipinski definition) is 2. The molecule has 7 heteroatoms. The van der Waals surface area contributed by atoms with Crippen LogP contribution >= 0.6 is 0 Å². The minimum atomic E-state index is -0.676. The highest BCUT2D eigenvalue weighted by Gasteiger charge is 2.25. The summed E-state index contributed by atoms with van der Waals surface area (Å²) < 4.78 is 0. The first-order chi connectivity index (χ1) is 11.6. The number of azo groups is 1. The Morgan fingerprint density at radius 2 is 1.83 bits per heavy atom. The summed E-state index contributed by atoms with van der Waals surface area (Å²) in [6.45, 7) is 0.130. The van der Waals surface area contributed by atoms with Gasteiger partial charge in [-0.1, -0.05) is 37.5 Å². The molecule has 0 radical (unpaired) electrons. The summed E-state index contributed by atoms with van der Waals surface area (Å²) in [7, 11) is 0. The van der Waals surface area contributed by atoms with Crippen molar-refractivity contribution < 1.29 is 14.4 Å². The highest BCUT2D eigenvalue weighted by atomic mass is 16.2. The van der Waals surface area contributed by atoms with Crippen LogP contribution in [0.1, 0.15) is 54.1 Å². The zero-order chi connectivity index (χ0) is 16.9. The van der Waals surface area contributed by atoms with Gasteiger partial charge in [0.25, 0.3) is 5.91 Å². The minimum Gasteiger partial charge on any atom is -0.345 e. The Morgan fingerprint density at radius 1 is 1.08 bits per heavy atom. The minimum absolute atomic E-state index is 0.0877. The largest absolute Gasteiger partial charge is 0.345 e. The van der Waals surface area contributed by atoms with Crippen LogP contribution in [0.2, 0.25) is 0 Å². The lowest BCUT2D eigenvalue weighted by Gasteiger charge is -2.22. The molecule has 7 nitrogen and oxygen atoms in total. The smallest absolute Gasteiger partial charge is 0.309 e. The van der Waals surface area contributed by atoms with Gasteiger partial charge in [0.2, 0.25) is 0 Å². The fourth-order valence-corrected chi connectivity index (χ4v) is 3.14. The van der Waals surface area contributed by atoms with Gasteiger partial charge in [0.1, 0.15) is 6.04 Å². The van der Waals surface area contributed by atoms with Gasteiger partial charge < -0.3 is 10.6 Å². The maximum atomic E-state index is 12.0. The molecular weight excluding hydrogens is 308 g/mol. The monoisotopic (exact) mass is 328 g/mol. The molecule has 1 aromatic carbocycles. The van der Waals surface area contributed by atoms with Crippen LogP contribution in [0.25, 0.3) is 0 Å². The highest BCUT2D eigenvalue weighted by molar-refractivity contribution is 6.35. The van der Waals surface area contributed by atoms with Crippen LogP contribution in [0, 0.1) is 0 Å². The Balaban J connectivity index is 1.55. The molecule has 0 bridgehead atoms. The van der Waals surface area contributed by atoms with Crippen molar-refractivity contribution >= 4 is 17.7 Å². The van der Waals surface area contributed by atoms with Gasteiger partial charge in [-0.25, -0.2) is 0 Å². The second-order valence-corrected chi connectivity index (χ2v) is 6.14. The lowest BCUT2D eigenvalue weighted by atomic mass is 9.95. The molecule has 1 unspecified atom stereocenters. The van der Waals surface area contributed by atoms with Gasteiger partial charge in [-0.2, -0.15) is 5.11 Å². The van der Waals surface area contributed by atoms with E-state index < -0.39 is 17.9 Å². The quantitative estimate of drug-likeness (QED) is 0.829. The molecule has 2 N–H and O–H groups in total. The van der Waals surface area contributed by atoms with Crippen molar-refractivity contribution in [3.8, 4) is 0 Å². The topological polar surface area (TPSA) is 100.0 Å². The van der Waals surface area contributed by atoms with Crippen LogP contribution in [0.4, 0.5) is 0 Å². The fraction of sp³-hybridized carbons (Fsp3) is 0.471. The Labute approximate surface area is 139 Å². The maximum absolute atomic E-state index is 12.0. The summed E-state index contributed by atoms with van der Waals surface area (Å²) in [6.07, 6.45) is 5.19. The molecule has 24 heavy (non-hydrogen) atoms. The molecule has 1 heterocycles. The first-order valence-electron chi connectivity index (χ1n) is 8.28. The molecule has 2 aliphatic rings. The standard InChI is InChI=1S/C17H20N4O3/c22-15-13-9-5-4-8-12(13)14(20-21-15)10-18-16(23)17(24)19-11-6-2-1-3-7-11/h4-5,8-9,11,14H,1-3,6-7,10H2,(H,18,23)(H,19,24). The normalized spacial score (nSPS) is 20.3. The molecule has 3 rings (SSSR count). The van der Waals surface area contributed by atoms with Crippen LogP contribution in [-0.2, 0) is 9.59 Å². The zero-order valence-electron chi connectivity index (χ0n) is 13.3. The van der Waals surface area contributed by atoms with E-state index >= 15 is 0 Å². The van der Waals surface area contributed by atoms with Gasteiger partial charge in [0, 0.05) is 18.2 Å². The third-order valence-electron chi connectivity index (χ3n) is 4.44. The van der Waals surface area contributed by atoms with E-state index in [2.05, 4.69) is 20.9 Å². The van der Waals surface area contributed by atoms with Gasteiger partial charge in [-0.15, -0.1) is 5.11 Å². The molecule has 0 aromatic heterocycles. The molecule has 0 spiro atoms. The van der Waals surface area contributed by atoms with Gasteiger partial charge in [-0.3, -0.25) is 14.4 Å². The second kappa shape index (κ2) is 7.33. The SMILES string of the molecule is O=C(NCC1N=NC(=O)c2ccccc21)C(=O)NC1CCCCC1. The number of carbonyl (C=O) groups is 3. The molecule has 1 atom stereocenters. The van der Waals surface area contributed by atoms with Crippen molar-refractivity contribution in [1.82, 2.24) is 10.6 Å². The molecule has 1 aliphatic heterocycles. The highest BCUT2D eigenvalue weighted by Crippen LogP contribution is 2.26. The average Bonchev–Trinajstić information content (AvgIpc) is 2.62. The first kappa shape index (κ1) is 16.3. The van der Waals surface area contributed by atoms with Crippen LogP contribution in [0.15, 0.2) is 34.5 Å². The van der Waals surface area contributed by atoms with Crippen molar-refractivity contribution in [2.45, 2.75) is 44.2 Å². The number of nitrogens with one attached hydrogen (secondary N) is 2. The number of fused-ring (bicyclic) bond motifs is 1. The number of nitrogens with zero attached hydrogens (tertiary/aromatic N) is 2. The number of carbonyl (C=O) groups excluding carboxylic acids is 3. The summed E-state index contributed by atoms with van der Waals surface area (Å²) in [5.41, 5.74) is 1.20. The van der Waals surface area contributed by atoms with Crippen molar-refractivity contribution in [2.24, 2.45) is 10.2 Å². The predicted octanol–water partition coefficient (Wildman–Crippen LogP) is 1.90. The van der Waals surface area contributed by atoms with Crippen molar-refractivity contribution in [2.75, 3.05) is 6.54 Å². The molecule has 0 saturated heterocycles. The van der Waals surface area contributed by atoms with E-state index in [4.69, 9.17) is 0 Å². The summed E-state index contributed by atoms with van der Waals surface area (Å²) in [4.78, 5) is 35.6. The van der Waals surface area contributed by atoms with Gasteiger partial charge in [0.15, 0.2) is 0 Å². The third-order valence-corrected chi connectivity index (χ3v) is 4.44. The zero-order valence-corrected chi connectivity index (χ0v) is 13.3. The number of rotatable bonds is 3. The Kier molecular flexibility index (Phi) is 4.98. The number of benzene rings is 1. The maximum Gasteiger partial charge on any atom is 0.309 e. The fourth-order valence-electron chi connectivity index (χ4n) is 3.14. The Hall–Kier alpha value is -2.57. The molecule has 1 aromatic rings. The van der Waals surface area contributed by atoms with Crippen molar-refractivity contribution in [3.05, 3.63) is 35.4 Å². The molecule has 126 valence electrons. The predicted molar refractivity (Wildman–Crippen MR) is 86.4 cm³/mol. The molecule has 1 fully saturated rings. The molecular formula is C17H20N4O3. The summed E-state index contributed by atoms with van der Waals surface area (Å²) in [6, 6.07) is 6.66. The van der Waals surface area contributed by atoms with E-state index in [1.54, 1.807) is 24.3 Å². The summed E-state index contributed by atoms with van der Waals surface area (Å²) >= 11 is 0. The van der Waals surface area contributed by atoms with Crippen LogP contribution in [0.3, 0.4) is 0 Å². The Bertz CT molecular complexity index is 680. The first-order valence-corrected chi connectivity index (χ1v) is 8.28. The van der Waals surface area contributed by atoms with Gasteiger partial charge in [-0.05, 0) is 24.5 Å². The molecule has 3 amide bonds. The van der Waals surface area contributed by atoms with Gasteiger partial charge >= 0.3 is 11.8 Å². The lowest BCUT2D eigenvalue weighted by Crippen LogP contribution is -2.46. The molecule has 1 saturated carbocycles. The van der Waals surface area contributed by atoms with Gasteiger partial charge in [0.05, 0.1) is 0 Å². The van der Waals surface area contributed by atoms with E-state index in [0.717, 1.165) is 25.7 Å². The van der Waals surface area contributed by atoms with Crippen LogP contribution in [0.5, 0.6) is 0 Å². The van der Waals surface area contributed by atoms with Crippen LogP contribution in [-0.4, -0.2) is 30.3 Å². The summed E-state index contributed by atoms with van der Waals surface area (Å²) in [5, 5.41) is 12.9. The number of amides is 3. The van der Waals surface area contributed by atoms with E-state index in [-0.39, 0.29) is 18.5 Å². The van der Waals surface area contributed by atoms with E-state index in [0.29, 0.717) is 11.1 Å². The average molecular weight is 328 g/mol. The Morgan fingerprint density at radius 3 is 2.62 bits per heavy atom. The lowest BCUT2D eigenvalue weighted by molar-refractivity contribution is -0.139. The van der Waals surface area contributed by atoms with E-state index in [1.165, 1.54) is 6.42 Å². The van der Waals surface area contributed by atoms with E-state index in [9.17, 15) is 14.4 Å². The molecule has 1 aliphatic carbocycles. The second-order valence-electron chi connectivity index (χ2n) is 6.14. The third kappa shape index (κ3) is 3.67. The van der Waals surface area contributed by atoms with Crippen molar-refractivity contribution in [1.29, 1.82) is 0 Å². The van der Waals surface area contributed by atoms with Crippen LogP contribution < -0.4 is 10.6 Å². The summed E-state index contributed by atoms with van der Waals surface area (Å²) in [5.74, 6) is -1.67. The van der Waals surface area contributed by atoms with E-state index in [1.807, 2.05) is 0 Å². The number of hydrogen-bond acceptors (Lipinski definition) is 4.